The molecule has 0 bridgehead atoms. The quantitative estimate of drug-likeness (QED) is 0.621. The van der Waals surface area contributed by atoms with Crippen molar-refractivity contribution in [2.24, 2.45) is 0 Å². The fourth-order valence-corrected chi connectivity index (χ4v) is 1.60. The maximum absolute atomic E-state index is 13.1. The standard InChI is InChI=1S/C12H8F4N2O/c1-7(19)9-6-8(13)2-3-10(9)18-5-4-11(17-18)12(14,15)16/h2-6H,1H3. The number of benzene rings is 1. The van der Waals surface area contributed by atoms with Gasteiger partial charge in [-0.15, -0.1) is 0 Å². The fourth-order valence-electron chi connectivity index (χ4n) is 1.60. The minimum absolute atomic E-state index is 0.0307. The molecule has 0 aliphatic rings. The maximum atomic E-state index is 13.1. The number of rotatable bonds is 2. The zero-order chi connectivity index (χ0) is 14.2. The van der Waals surface area contributed by atoms with Crippen LogP contribution in [-0.4, -0.2) is 15.6 Å². The third-order valence-corrected chi connectivity index (χ3v) is 2.46. The van der Waals surface area contributed by atoms with E-state index in [4.69, 9.17) is 0 Å². The highest BCUT2D eigenvalue weighted by Gasteiger charge is 2.33. The zero-order valence-corrected chi connectivity index (χ0v) is 9.70. The summed E-state index contributed by atoms with van der Waals surface area (Å²) in [6.07, 6.45) is -3.50. The summed E-state index contributed by atoms with van der Waals surface area (Å²) in [5.74, 6) is -1.10. The Labute approximate surface area is 105 Å². The minimum atomic E-state index is -4.57. The summed E-state index contributed by atoms with van der Waals surface area (Å²) in [6.45, 7) is 1.20. The number of hydrogen-bond acceptors (Lipinski definition) is 2. The van der Waals surface area contributed by atoms with Gasteiger partial charge in [0.25, 0.3) is 0 Å². The molecule has 1 heterocycles. The summed E-state index contributed by atoms with van der Waals surface area (Å²) in [6, 6.07) is 4.01. The Balaban J connectivity index is 2.53. The highest BCUT2D eigenvalue weighted by molar-refractivity contribution is 5.97. The van der Waals surface area contributed by atoms with E-state index >= 15 is 0 Å². The Morgan fingerprint density at radius 3 is 2.47 bits per heavy atom. The molecule has 0 spiro atoms. The Morgan fingerprint density at radius 2 is 1.95 bits per heavy atom. The van der Waals surface area contributed by atoms with Gasteiger partial charge in [0.15, 0.2) is 11.5 Å². The number of aromatic nitrogens is 2. The Morgan fingerprint density at radius 1 is 1.26 bits per heavy atom. The van der Waals surface area contributed by atoms with Crippen molar-refractivity contribution in [1.29, 1.82) is 0 Å². The van der Waals surface area contributed by atoms with Gasteiger partial charge in [-0.05, 0) is 31.2 Å². The first kappa shape index (κ1) is 13.3. The molecular formula is C12H8F4N2O. The molecule has 0 fully saturated rings. The summed E-state index contributed by atoms with van der Waals surface area (Å²) >= 11 is 0. The molecule has 3 nitrogen and oxygen atoms in total. The lowest BCUT2D eigenvalue weighted by Gasteiger charge is -2.07. The van der Waals surface area contributed by atoms with E-state index in [2.05, 4.69) is 5.10 Å². The van der Waals surface area contributed by atoms with Gasteiger partial charge in [-0.25, -0.2) is 9.07 Å². The second-order valence-corrected chi connectivity index (χ2v) is 3.86. The van der Waals surface area contributed by atoms with Crippen molar-refractivity contribution in [3.63, 3.8) is 0 Å². The average Bonchev–Trinajstić information content (AvgIpc) is 2.77. The number of nitrogens with zero attached hydrogens (tertiary/aromatic N) is 2. The van der Waals surface area contributed by atoms with Crippen molar-refractivity contribution >= 4 is 5.78 Å². The van der Waals surface area contributed by atoms with Crippen LogP contribution in [0.15, 0.2) is 30.5 Å². The first-order chi connectivity index (χ1) is 8.79. The summed E-state index contributed by atoms with van der Waals surface area (Å²) in [4.78, 5) is 11.4. The Kier molecular flexibility index (Phi) is 3.13. The molecule has 1 aromatic carbocycles. The number of hydrogen-bond donors (Lipinski definition) is 0. The van der Waals surface area contributed by atoms with Crippen LogP contribution in [0.4, 0.5) is 17.6 Å². The van der Waals surface area contributed by atoms with Gasteiger partial charge in [0, 0.05) is 11.8 Å². The molecule has 0 amide bonds. The van der Waals surface area contributed by atoms with Crippen LogP contribution in [0.1, 0.15) is 23.0 Å². The van der Waals surface area contributed by atoms with E-state index in [1.165, 1.54) is 13.0 Å². The first-order valence-corrected chi connectivity index (χ1v) is 5.23. The lowest BCUT2D eigenvalue weighted by molar-refractivity contribution is -0.141. The number of ketones is 1. The van der Waals surface area contributed by atoms with Gasteiger partial charge in [0.05, 0.1) is 5.69 Å². The van der Waals surface area contributed by atoms with Crippen molar-refractivity contribution < 1.29 is 22.4 Å². The number of alkyl halides is 3. The maximum Gasteiger partial charge on any atom is 0.435 e. The van der Waals surface area contributed by atoms with E-state index in [9.17, 15) is 22.4 Å². The van der Waals surface area contributed by atoms with Crippen LogP contribution in [0.2, 0.25) is 0 Å². The fraction of sp³-hybridized carbons (Fsp3) is 0.167. The van der Waals surface area contributed by atoms with Gasteiger partial charge in [-0.3, -0.25) is 4.79 Å². The van der Waals surface area contributed by atoms with Crippen LogP contribution in [0.5, 0.6) is 0 Å². The molecule has 0 atom stereocenters. The monoisotopic (exact) mass is 272 g/mol. The molecule has 2 rings (SSSR count). The van der Waals surface area contributed by atoms with E-state index < -0.39 is 23.5 Å². The molecule has 0 aliphatic heterocycles. The largest absolute Gasteiger partial charge is 0.435 e. The lowest BCUT2D eigenvalue weighted by atomic mass is 10.1. The van der Waals surface area contributed by atoms with E-state index in [1.807, 2.05) is 0 Å². The van der Waals surface area contributed by atoms with Crippen LogP contribution in [0.3, 0.4) is 0 Å². The van der Waals surface area contributed by atoms with Crippen molar-refractivity contribution in [3.8, 4) is 5.69 Å². The van der Waals surface area contributed by atoms with Gasteiger partial charge in [0.1, 0.15) is 5.82 Å². The normalized spacial score (nSPS) is 11.6. The van der Waals surface area contributed by atoms with Gasteiger partial charge in [0.2, 0.25) is 0 Å². The van der Waals surface area contributed by atoms with Crippen molar-refractivity contribution in [2.75, 3.05) is 0 Å². The van der Waals surface area contributed by atoms with Gasteiger partial charge >= 0.3 is 6.18 Å². The third kappa shape index (κ3) is 2.64. The molecule has 0 saturated carbocycles. The highest BCUT2D eigenvalue weighted by atomic mass is 19.4. The molecule has 0 radical (unpaired) electrons. The number of carbonyl (C=O) groups is 1. The highest BCUT2D eigenvalue weighted by Crippen LogP contribution is 2.28. The topological polar surface area (TPSA) is 34.9 Å². The van der Waals surface area contributed by atoms with Gasteiger partial charge in [-0.1, -0.05) is 0 Å². The van der Waals surface area contributed by atoms with E-state index in [0.29, 0.717) is 0 Å². The molecular weight excluding hydrogens is 264 g/mol. The molecule has 7 heteroatoms. The van der Waals surface area contributed by atoms with Crippen LogP contribution in [0.25, 0.3) is 5.69 Å². The van der Waals surface area contributed by atoms with E-state index in [1.54, 1.807) is 0 Å². The summed E-state index contributed by atoms with van der Waals surface area (Å²) < 4.78 is 51.3. The van der Waals surface area contributed by atoms with E-state index in [-0.39, 0.29) is 11.3 Å². The summed E-state index contributed by atoms with van der Waals surface area (Å²) in [5, 5.41) is 3.34. The molecule has 0 saturated heterocycles. The first-order valence-electron chi connectivity index (χ1n) is 5.23. The lowest BCUT2D eigenvalue weighted by Crippen LogP contribution is -2.09. The predicted octanol–water partition coefficient (Wildman–Crippen LogP) is 3.23. The molecule has 100 valence electrons. The molecule has 0 N–H and O–H groups in total. The molecule has 19 heavy (non-hydrogen) atoms. The van der Waals surface area contributed by atoms with Crippen molar-refractivity contribution in [1.82, 2.24) is 9.78 Å². The minimum Gasteiger partial charge on any atom is -0.294 e. The second-order valence-electron chi connectivity index (χ2n) is 3.86. The van der Waals surface area contributed by atoms with Gasteiger partial charge < -0.3 is 0 Å². The van der Waals surface area contributed by atoms with Crippen molar-refractivity contribution in [2.45, 2.75) is 13.1 Å². The number of Topliss-reactive ketones (excluding diaryl/α,β-unsaturated/α-hetero) is 1. The summed E-state index contributed by atoms with van der Waals surface area (Å²) in [7, 11) is 0. The molecule has 0 unspecified atom stereocenters. The Bertz CT molecular complexity index is 631. The van der Waals surface area contributed by atoms with Crippen LogP contribution in [-0.2, 0) is 6.18 Å². The SMILES string of the molecule is CC(=O)c1cc(F)ccc1-n1ccc(C(F)(F)F)n1. The van der Waals surface area contributed by atoms with Crippen LogP contribution < -0.4 is 0 Å². The van der Waals surface area contributed by atoms with E-state index in [0.717, 1.165) is 29.1 Å². The third-order valence-electron chi connectivity index (χ3n) is 2.46. The molecule has 2 aromatic rings. The van der Waals surface area contributed by atoms with Crippen LogP contribution >= 0.6 is 0 Å². The Hall–Kier alpha value is -2.18. The summed E-state index contributed by atoms with van der Waals surface area (Å²) in [5.41, 5.74) is -1.01. The number of carbonyl (C=O) groups excluding carboxylic acids is 1. The predicted molar refractivity (Wildman–Crippen MR) is 58.5 cm³/mol. The number of halogens is 4. The zero-order valence-electron chi connectivity index (χ0n) is 9.70. The molecule has 1 aromatic heterocycles. The second kappa shape index (κ2) is 4.49. The van der Waals surface area contributed by atoms with Gasteiger partial charge in [-0.2, -0.15) is 18.3 Å². The van der Waals surface area contributed by atoms with Crippen LogP contribution in [0, 0.1) is 5.82 Å². The average molecular weight is 272 g/mol. The van der Waals surface area contributed by atoms with Crippen molar-refractivity contribution in [3.05, 3.63) is 47.5 Å². The molecule has 0 aliphatic carbocycles. The smallest absolute Gasteiger partial charge is 0.294 e.